The lowest BCUT2D eigenvalue weighted by Gasteiger charge is -2.33. The van der Waals surface area contributed by atoms with Crippen molar-refractivity contribution >= 4 is 58.0 Å². The standard InChI is InChI=1S/C14H15Cl3N2O3/c1-3-6-19-10-7-9(18-13(21)14(15,16)17)4-5-11(10)22-8(2)12(19)20/h4-5,7-8H,3,6H2,1-2H3,(H,18,21). The molecule has 2 amide bonds. The summed E-state index contributed by atoms with van der Waals surface area (Å²) < 4.78 is 3.51. The summed E-state index contributed by atoms with van der Waals surface area (Å²) in [5, 5.41) is 2.49. The van der Waals surface area contributed by atoms with Crippen LogP contribution in [0.3, 0.4) is 0 Å². The van der Waals surface area contributed by atoms with Gasteiger partial charge < -0.3 is 15.0 Å². The Bertz CT molecular complexity index is 601. The Labute approximate surface area is 143 Å². The summed E-state index contributed by atoms with van der Waals surface area (Å²) in [6.07, 6.45) is 0.253. The van der Waals surface area contributed by atoms with Gasteiger partial charge in [0.15, 0.2) is 6.10 Å². The average molecular weight is 366 g/mol. The van der Waals surface area contributed by atoms with E-state index in [9.17, 15) is 9.59 Å². The summed E-state index contributed by atoms with van der Waals surface area (Å²) in [6.45, 7) is 4.23. The van der Waals surface area contributed by atoms with E-state index >= 15 is 0 Å². The largest absolute Gasteiger partial charge is 0.479 e. The number of nitrogens with zero attached hydrogens (tertiary/aromatic N) is 1. The Balaban J connectivity index is 2.33. The molecule has 0 aromatic heterocycles. The molecule has 22 heavy (non-hydrogen) atoms. The van der Waals surface area contributed by atoms with Crippen LogP contribution in [-0.4, -0.2) is 28.3 Å². The Morgan fingerprint density at radius 1 is 1.41 bits per heavy atom. The fourth-order valence-corrected chi connectivity index (χ4v) is 2.28. The van der Waals surface area contributed by atoms with Crippen molar-refractivity contribution in [1.82, 2.24) is 0 Å². The summed E-state index contributed by atoms with van der Waals surface area (Å²) in [6, 6.07) is 4.93. The molecule has 0 spiro atoms. The van der Waals surface area contributed by atoms with Crippen LogP contribution < -0.4 is 15.0 Å². The average Bonchev–Trinajstić information content (AvgIpc) is 2.43. The maximum Gasteiger partial charge on any atom is 0.276 e. The van der Waals surface area contributed by atoms with E-state index in [1.807, 2.05) is 6.92 Å². The number of hydrogen-bond donors (Lipinski definition) is 1. The summed E-state index contributed by atoms with van der Waals surface area (Å²) >= 11 is 16.6. The molecule has 1 aliphatic rings. The molecule has 0 aliphatic carbocycles. The first kappa shape index (κ1) is 17.2. The van der Waals surface area contributed by atoms with E-state index in [1.165, 1.54) is 0 Å². The first-order valence-electron chi connectivity index (χ1n) is 6.74. The molecule has 0 fully saturated rings. The predicted molar refractivity (Wildman–Crippen MR) is 88.1 cm³/mol. The lowest BCUT2D eigenvalue weighted by atomic mass is 10.1. The van der Waals surface area contributed by atoms with E-state index in [1.54, 1.807) is 30.0 Å². The SMILES string of the molecule is CCCN1C(=O)C(C)Oc2ccc(NC(=O)C(Cl)(Cl)Cl)cc21. The highest BCUT2D eigenvalue weighted by Gasteiger charge is 2.33. The van der Waals surface area contributed by atoms with Crippen LogP contribution in [0.15, 0.2) is 18.2 Å². The zero-order valence-electron chi connectivity index (χ0n) is 12.0. The third-order valence-electron chi connectivity index (χ3n) is 3.13. The molecule has 2 rings (SSSR count). The molecular formula is C14H15Cl3N2O3. The van der Waals surface area contributed by atoms with Crippen molar-refractivity contribution in [3.8, 4) is 5.75 Å². The fraction of sp³-hybridized carbons (Fsp3) is 0.429. The van der Waals surface area contributed by atoms with Crippen LogP contribution >= 0.6 is 34.8 Å². The van der Waals surface area contributed by atoms with Crippen molar-refractivity contribution in [2.24, 2.45) is 0 Å². The minimum absolute atomic E-state index is 0.126. The van der Waals surface area contributed by atoms with E-state index in [-0.39, 0.29) is 5.91 Å². The lowest BCUT2D eigenvalue weighted by molar-refractivity contribution is -0.125. The second-order valence-electron chi connectivity index (χ2n) is 4.88. The molecule has 5 nitrogen and oxygen atoms in total. The molecule has 1 heterocycles. The van der Waals surface area contributed by atoms with E-state index < -0.39 is 15.8 Å². The zero-order valence-corrected chi connectivity index (χ0v) is 14.3. The number of amides is 2. The lowest BCUT2D eigenvalue weighted by Crippen LogP contribution is -2.44. The van der Waals surface area contributed by atoms with E-state index in [0.29, 0.717) is 23.7 Å². The minimum Gasteiger partial charge on any atom is -0.479 e. The minimum atomic E-state index is -2.06. The third-order valence-corrected chi connectivity index (χ3v) is 3.64. The van der Waals surface area contributed by atoms with E-state index in [4.69, 9.17) is 39.5 Å². The highest BCUT2D eigenvalue weighted by atomic mass is 35.6. The molecule has 1 atom stereocenters. The normalized spacial score (nSPS) is 17.8. The topological polar surface area (TPSA) is 58.6 Å². The highest BCUT2D eigenvalue weighted by molar-refractivity contribution is 6.76. The summed E-state index contributed by atoms with van der Waals surface area (Å²) in [5.74, 6) is -0.317. The van der Waals surface area contributed by atoms with Crippen LogP contribution in [0.5, 0.6) is 5.75 Å². The van der Waals surface area contributed by atoms with Gasteiger partial charge in [-0.2, -0.15) is 0 Å². The third kappa shape index (κ3) is 3.59. The summed E-state index contributed by atoms with van der Waals surface area (Å²) in [4.78, 5) is 25.6. The van der Waals surface area contributed by atoms with Crippen LogP contribution in [0.25, 0.3) is 0 Å². The second kappa shape index (κ2) is 6.52. The maximum atomic E-state index is 12.2. The fourth-order valence-electron chi connectivity index (χ4n) is 2.14. The Morgan fingerprint density at radius 3 is 2.68 bits per heavy atom. The summed E-state index contributed by atoms with van der Waals surface area (Å²) in [5.41, 5.74) is 1.01. The van der Waals surface area contributed by atoms with Crippen LogP contribution in [0.4, 0.5) is 11.4 Å². The van der Waals surface area contributed by atoms with Crippen LogP contribution in [0.1, 0.15) is 20.3 Å². The van der Waals surface area contributed by atoms with E-state index in [0.717, 1.165) is 6.42 Å². The van der Waals surface area contributed by atoms with Gasteiger partial charge in [0.1, 0.15) is 5.75 Å². The first-order valence-corrected chi connectivity index (χ1v) is 7.87. The quantitative estimate of drug-likeness (QED) is 0.834. The smallest absolute Gasteiger partial charge is 0.276 e. The number of anilines is 2. The van der Waals surface area contributed by atoms with Crippen LogP contribution in [0, 0.1) is 0 Å². The molecule has 0 bridgehead atoms. The number of carbonyl (C=O) groups is 2. The van der Waals surface area contributed by atoms with Gasteiger partial charge in [0.25, 0.3) is 15.6 Å². The van der Waals surface area contributed by atoms with Gasteiger partial charge in [-0.05, 0) is 31.5 Å². The van der Waals surface area contributed by atoms with Gasteiger partial charge >= 0.3 is 0 Å². The summed E-state index contributed by atoms with van der Waals surface area (Å²) in [7, 11) is 0. The second-order valence-corrected chi connectivity index (χ2v) is 7.17. The molecule has 1 N–H and O–H groups in total. The predicted octanol–water partition coefficient (Wildman–Crippen LogP) is 3.52. The molecule has 1 aromatic carbocycles. The van der Waals surface area contributed by atoms with Crippen molar-refractivity contribution in [3.63, 3.8) is 0 Å². The van der Waals surface area contributed by atoms with E-state index in [2.05, 4.69) is 5.32 Å². The molecule has 8 heteroatoms. The number of nitrogens with one attached hydrogen (secondary N) is 1. The number of rotatable bonds is 3. The van der Waals surface area contributed by atoms with Gasteiger partial charge in [-0.25, -0.2) is 0 Å². The number of hydrogen-bond acceptors (Lipinski definition) is 3. The van der Waals surface area contributed by atoms with Crippen LogP contribution in [0.2, 0.25) is 0 Å². The molecule has 1 unspecified atom stereocenters. The Hall–Kier alpha value is -1.17. The van der Waals surface area contributed by atoms with Crippen molar-refractivity contribution in [3.05, 3.63) is 18.2 Å². The van der Waals surface area contributed by atoms with Gasteiger partial charge in [0.05, 0.1) is 5.69 Å². The number of carbonyl (C=O) groups excluding carboxylic acids is 2. The number of alkyl halides is 3. The Kier molecular flexibility index (Phi) is 5.10. The number of halogens is 3. The monoisotopic (exact) mass is 364 g/mol. The highest BCUT2D eigenvalue weighted by Crippen LogP contribution is 2.37. The van der Waals surface area contributed by atoms with Crippen molar-refractivity contribution in [1.29, 1.82) is 0 Å². The first-order chi connectivity index (χ1) is 10.2. The molecular weight excluding hydrogens is 351 g/mol. The Morgan fingerprint density at radius 2 is 2.09 bits per heavy atom. The van der Waals surface area contributed by atoms with Gasteiger partial charge in [-0.15, -0.1) is 0 Å². The number of fused-ring (bicyclic) bond motifs is 1. The van der Waals surface area contributed by atoms with Gasteiger partial charge in [0.2, 0.25) is 0 Å². The van der Waals surface area contributed by atoms with Crippen molar-refractivity contribution < 1.29 is 14.3 Å². The zero-order chi connectivity index (χ0) is 16.5. The van der Waals surface area contributed by atoms with Crippen LogP contribution in [-0.2, 0) is 9.59 Å². The van der Waals surface area contributed by atoms with Crippen molar-refractivity contribution in [2.45, 2.75) is 30.2 Å². The van der Waals surface area contributed by atoms with Gasteiger partial charge in [-0.3, -0.25) is 9.59 Å². The molecule has 120 valence electrons. The maximum absolute atomic E-state index is 12.2. The van der Waals surface area contributed by atoms with Gasteiger partial charge in [-0.1, -0.05) is 41.7 Å². The number of ether oxygens (including phenoxy) is 1. The van der Waals surface area contributed by atoms with Crippen molar-refractivity contribution in [2.75, 3.05) is 16.8 Å². The number of benzene rings is 1. The molecule has 0 saturated carbocycles. The van der Waals surface area contributed by atoms with Gasteiger partial charge in [0, 0.05) is 12.2 Å². The molecule has 1 aliphatic heterocycles. The molecule has 0 radical (unpaired) electrons. The molecule has 0 saturated heterocycles. The molecule has 1 aromatic rings.